The lowest BCUT2D eigenvalue weighted by Crippen LogP contribution is -2.30. The van der Waals surface area contributed by atoms with Gasteiger partial charge in [-0.25, -0.2) is 4.68 Å². The lowest BCUT2D eigenvalue weighted by Gasteiger charge is -2.23. The summed E-state index contributed by atoms with van der Waals surface area (Å²) in [6.45, 7) is 9.19. The lowest BCUT2D eigenvalue weighted by molar-refractivity contribution is 0.0945. The summed E-state index contributed by atoms with van der Waals surface area (Å²) in [5, 5.41) is 14.8. The second kappa shape index (κ2) is 11.9. The summed E-state index contributed by atoms with van der Waals surface area (Å²) in [7, 11) is 0. The second-order valence-electron chi connectivity index (χ2n) is 7.80. The summed E-state index contributed by atoms with van der Waals surface area (Å²) in [6, 6.07) is 6.40. The van der Waals surface area contributed by atoms with E-state index in [1.54, 1.807) is 0 Å². The minimum atomic E-state index is -0.194. The molecule has 0 atom stereocenters. The number of aryl methyl sites for hydroxylation is 1. The highest BCUT2D eigenvalue weighted by atomic mass is 35.5. The quantitative estimate of drug-likeness (QED) is 0.586. The molecule has 3 rings (SSSR count). The van der Waals surface area contributed by atoms with Crippen LogP contribution in [0.5, 0.6) is 5.75 Å². The molecule has 2 aromatic rings. The Morgan fingerprint density at radius 2 is 2.03 bits per heavy atom. The van der Waals surface area contributed by atoms with E-state index in [0.29, 0.717) is 24.9 Å². The number of rotatable bonds is 9. The zero-order valence-corrected chi connectivity index (χ0v) is 19.1. The van der Waals surface area contributed by atoms with Crippen molar-refractivity contribution in [3.63, 3.8) is 0 Å². The Morgan fingerprint density at radius 1 is 1.27 bits per heavy atom. The minimum absolute atomic E-state index is 0. The highest BCUT2D eigenvalue weighted by Gasteiger charge is 2.23. The van der Waals surface area contributed by atoms with Crippen LogP contribution in [-0.2, 0) is 6.54 Å². The summed E-state index contributed by atoms with van der Waals surface area (Å²) in [5.41, 5.74) is 3.35. The third-order valence-corrected chi connectivity index (χ3v) is 5.46. The summed E-state index contributed by atoms with van der Waals surface area (Å²) < 4.78 is 7.88. The third-order valence-electron chi connectivity index (χ3n) is 5.46. The van der Waals surface area contributed by atoms with Crippen LogP contribution in [0, 0.1) is 13.8 Å². The fraction of sp³-hybridized carbons (Fsp3) is 0.591. The van der Waals surface area contributed by atoms with Crippen molar-refractivity contribution in [2.75, 3.05) is 19.7 Å². The van der Waals surface area contributed by atoms with E-state index in [2.05, 4.69) is 27.9 Å². The van der Waals surface area contributed by atoms with Crippen molar-refractivity contribution in [2.45, 2.75) is 65.5 Å². The Labute approximate surface area is 185 Å². The molecule has 8 heteroatoms. The van der Waals surface area contributed by atoms with E-state index < -0.39 is 0 Å². The zero-order chi connectivity index (χ0) is 20.6. The van der Waals surface area contributed by atoms with Gasteiger partial charge in [-0.15, -0.1) is 17.5 Å². The molecule has 0 aliphatic carbocycles. The molecule has 2 heterocycles. The summed E-state index contributed by atoms with van der Waals surface area (Å²) in [5.74, 6) is 0.650. The van der Waals surface area contributed by atoms with Crippen LogP contribution in [0.3, 0.4) is 0 Å². The largest absolute Gasteiger partial charge is 0.493 e. The number of ether oxygens (including phenoxy) is 1. The molecule has 1 amide bonds. The van der Waals surface area contributed by atoms with Crippen LogP contribution < -0.4 is 15.4 Å². The second-order valence-corrected chi connectivity index (χ2v) is 7.80. The number of aromatic nitrogens is 3. The van der Waals surface area contributed by atoms with Crippen molar-refractivity contribution >= 4 is 18.3 Å². The molecule has 166 valence electrons. The Bertz CT molecular complexity index is 818. The lowest BCUT2D eigenvalue weighted by atomic mass is 10.1. The Balaban J connectivity index is 0.00000320. The van der Waals surface area contributed by atoms with Gasteiger partial charge in [-0.1, -0.05) is 37.1 Å². The smallest absolute Gasteiger partial charge is 0.274 e. The van der Waals surface area contributed by atoms with Gasteiger partial charge in [-0.3, -0.25) is 4.79 Å². The van der Waals surface area contributed by atoms with Gasteiger partial charge in [-0.05, 0) is 57.8 Å². The molecule has 1 aromatic carbocycles. The highest BCUT2D eigenvalue weighted by molar-refractivity contribution is 5.93. The standard InChI is InChI=1S/C22H33N5O2.ClH/c1-4-5-6-13-29-20-14-16(2)7-8-18(20)15-24-22(28)21-17(3)27(26-25-21)19-9-11-23-12-10-19;/h7-8,14,19,23H,4-6,9-13,15H2,1-3H3,(H,24,28);1H. The van der Waals surface area contributed by atoms with Gasteiger partial charge in [0, 0.05) is 12.1 Å². The maximum atomic E-state index is 12.7. The topological polar surface area (TPSA) is 81.1 Å². The highest BCUT2D eigenvalue weighted by Crippen LogP contribution is 2.22. The Hall–Kier alpha value is -2.12. The van der Waals surface area contributed by atoms with Crippen LogP contribution in [0.2, 0.25) is 0 Å². The van der Waals surface area contributed by atoms with Crippen LogP contribution >= 0.6 is 12.4 Å². The number of carbonyl (C=O) groups excluding carboxylic acids is 1. The SMILES string of the molecule is CCCCCOc1cc(C)ccc1CNC(=O)c1nnn(C2CCNCC2)c1C.Cl. The van der Waals surface area contributed by atoms with E-state index in [0.717, 1.165) is 67.8 Å². The molecule has 0 bridgehead atoms. The first-order valence-corrected chi connectivity index (χ1v) is 10.7. The van der Waals surface area contributed by atoms with E-state index in [9.17, 15) is 4.79 Å². The predicted octanol–water partition coefficient (Wildman–Crippen LogP) is 3.74. The molecule has 0 spiro atoms. The molecule has 0 radical (unpaired) electrons. The molecule has 0 saturated carbocycles. The van der Waals surface area contributed by atoms with E-state index in [-0.39, 0.29) is 18.3 Å². The number of halogens is 1. The molecule has 1 aromatic heterocycles. The van der Waals surface area contributed by atoms with Crippen LogP contribution in [0.1, 0.15) is 72.4 Å². The molecule has 1 aliphatic rings. The molecule has 7 nitrogen and oxygen atoms in total. The number of hydrogen-bond acceptors (Lipinski definition) is 5. The summed E-state index contributed by atoms with van der Waals surface area (Å²) in [6.07, 6.45) is 5.37. The van der Waals surface area contributed by atoms with Crippen molar-refractivity contribution in [3.8, 4) is 5.75 Å². The van der Waals surface area contributed by atoms with E-state index in [4.69, 9.17) is 4.74 Å². The van der Waals surface area contributed by atoms with E-state index in [1.165, 1.54) is 0 Å². The molecule has 1 aliphatic heterocycles. The van der Waals surface area contributed by atoms with Gasteiger partial charge in [0.25, 0.3) is 5.91 Å². The minimum Gasteiger partial charge on any atom is -0.493 e. The third kappa shape index (κ3) is 6.19. The average molecular weight is 436 g/mol. The van der Waals surface area contributed by atoms with Gasteiger partial charge >= 0.3 is 0 Å². The Morgan fingerprint density at radius 3 is 2.77 bits per heavy atom. The fourth-order valence-electron chi connectivity index (χ4n) is 3.68. The first-order chi connectivity index (χ1) is 14.1. The van der Waals surface area contributed by atoms with Crippen LogP contribution in [-0.4, -0.2) is 40.6 Å². The van der Waals surface area contributed by atoms with Crippen LogP contribution in [0.15, 0.2) is 18.2 Å². The normalized spacial score (nSPS) is 14.2. The van der Waals surface area contributed by atoms with Crippen molar-refractivity contribution in [3.05, 3.63) is 40.7 Å². The number of hydrogen-bond donors (Lipinski definition) is 2. The van der Waals surface area contributed by atoms with Crippen LogP contribution in [0.25, 0.3) is 0 Å². The van der Waals surface area contributed by atoms with Gasteiger partial charge in [0.2, 0.25) is 0 Å². The van der Waals surface area contributed by atoms with Gasteiger partial charge in [0.05, 0.1) is 18.3 Å². The monoisotopic (exact) mass is 435 g/mol. The van der Waals surface area contributed by atoms with Gasteiger partial charge in [-0.2, -0.15) is 0 Å². The van der Waals surface area contributed by atoms with Gasteiger partial charge in [0.1, 0.15) is 5.75 Å². The summed E-state index contributed by atoms with van der Waals surface area (Å²) >= 11 is 0. The fourth-order valence-corrected chi connectivity index (χ4v) is 3.68. The number of nitrogens with one attached hydrogen (secondary N) is 2. The zero-order valence-electron chi connectivity index (χ0n) is 18.2. The molecule has 30 heavy (non-hydrogen) atoms. The van der Waals surface area contributed by atoms with Gasteiger partial charge < -0.3 is 15.4 Å². The van der Waals surface area contributed by atoms with Crippen LogP contribution in [0.4, 0.5) is 0 Å². The predicted molar refractivity (Wildman–Crippen MR) is 121 cm³/mol. The maximum Gasteiger partial charge on any atom is 0.274 e. The van der Waals surface area contributed by atoms with Crippen molar-refractivity contribution in [2.24, 2.45) is 0 Å². The number of unbranched alkanes of at least 4 members (excludes halogenated alkanes) is 2. The molecule has 1 fully saturated rings. The molecule has 1 saturated heterocycles. The Kier molecular flexibility index (Phi) is 9.59. The molecule has 2 N–H and O–H groups in total. The van der Waals surface area contributed by atoms with Crippen molar-refractivity contribution < 1.29 is 9.53 Å². The number of carbonyl (C=O) groups is 1. The van der Waals surface area contributed by atoms with Crippen molar-refractivity contribution in [1.82, 2.24) is 25.6 Å². The van der Waals surface area contributed by atoms with Gasteiger partial charge in [0.15, 0.2) is 5.69 Å². The molecular formula is C22H34ClN5O2. The average Bonchev–Trinajstić information content (AvgIpc) is 3.12. The first kappa shape index (κ1) is 24.2. The number of nitrogens with zero attached hydrogens (tertiary/aromatic N) is 3. The van der Waals surface area contributed by atoms with E-state index >= 15 is 0 Å². The van der Waals surface area contributed by atoms with Crippen molar-refractivity contribution in [1.29, 1.82) is 0 Å². The first-order valence-electron chi connectivity index (χ1n) is 10.7. The summed E-state index contributed by atoms with van der Waals surface area (Å²) in [4.78, 5) is 12.7. The maximum absolute atomic E-state index is 12.7. The number of piperidine rings is 1. The number of benzene rings is 1. The number of amides is 1. The molecule has 0 unspecified atom stereocenters. The van der Waals surface area contributed by atoms with E-state index in [1.807, 2.05) is 36.7 Å². The molecular weight excluding hydrogens is 402 g/mol.